The first kappa shape index (κ1) is 17.2. The Morgan fingerprint density at radius 3 is 2.18 bits per heavy atom. The van der Waals surface area contributed by atoms with Gasteiger partial charge in [-0.15, -0.1) is 0 Å². The van der Waals surface area contributed by atoms with Gasteiger partial charge < -0.3 is 9.64 Å². The molecular formula is C16H26N2O3S. The van der Waals surface area contributed by atoms with Crippen molar-refractivity contribution in [3.63, 3.8) is 0 Å². The molecule has 1 aromatic carbocycles. The van der Waals surface area contributed by atoms with Crippen LogP contribution in [0.15, 0.2) is 29.2 Å². The molecule has 0 spiro atoms. The molecule has 1 fully saturated rings. The Kier molecular flexibility index (Phi) is 5.83. The highest BCUT2D eigenvalue weighted by molar-refractivity contribution is 7.89. The van der Waals surface area contributed by atoms with Crippen molar-refractivity contribution in [2.45, 2.75) is 25.7 Å². The lowest BCUT2D eigenvalue weighted by molar-refractivity contribution is 0.196. The number of hydrogen-bond acceptors (Lipinski definition) is 4. The summed E-state index contributed by atoms with van der Waals surface area (Å²) in [5, 5.41) is 0. The van der Waals surface area contributed by atoms with Crippen molar-refractivity contribution in [1.29, 1.82) is 0 Å². The number of sulfonamides is 1. The molecule has 1 aliphatic heterocycles. The maximum Gasteiger partial charge on any atom is 0.243 e. The minimum atomic E-state index is -3.39. The van der Waals surface area contributed by atoms with Gasteiger partial charge in [0, 0.05) is 26.2 Å². The topological polar surface area (TPSA) is 49.9 Å². The maximum atomic E-state index is 12.6. The van der Waals surface area contributed by atoms with Crippen LogP contribution in [0.4, 0.5) is 0 Å². The maximum absolute atomic E-state index is 12.6. The predicted octanol–water partition coefficient (Wildman–Crippen LogP) is 2.05. The lowest BCUT2D eigenvalue weighted by Crippen LogP contribution is -2.48. The van der Waals surface area contributed by atoms with E-state index in [1.807, 2.05) is 0 Å². The molecule has 0 amide bonds. The molecule has 0 aliphatic carbocycles. The summed E-state index contributed by atoms with van der Waals surface area (Å²) in [6.07, 6.45) is 0. The largest absolute Gasteiger partial charge is 0.493 e. The molecule has 22 heavy (non-hydrogen) atoms. The van der Waals surface area contributed by atoms with E-state index in [1.54, 1.807) is 28.6 Å². The number of benzene rings is 1. The highest BCUT2D eigenvalue weighted by atomic mass is 32.2. The Balaban J connectivity index is 2.03. The monoisotopic (exact) mass is 326 g/mol. The van der Waals surface area contributed by atoms with Gasteiger partial charge in [-0.2, -0.15) is 4.31 Å². The lowest BCUT2D eigenvalue weighted by atomic mass is 10.2. The van der Waals surface area contributed by atoms with Crippen molar-refractivity contribution in [3.8, 4) is 5.75 Å². The summed E-state index contributed by atoms with van der Waals surface area (Å²) in [4.78, 5) is 2.60. The van der Waals surface area contributed by atoms with Gasteiger partial charge in [-0.05, 0) is 36.7 Å². The van der Waals surface area contributed by atoms with Crippen LogP contribution in [0.3, 0.4) is 0 Å². The summed E-state index contributed by atoms with van der Waals surface area (Å²) in [7, 11) is -3.39. The average Bonchev–Trinajstić information content (AvgIpc) is 2.53. The van der Waals surface area contributed by atoms with Crippen molar-refractivity contribution in [3.05, 3.63) is 24.3 Å². The van der Waals surface area contributed by atoms with Crippen LogP contribution in [-0.2, 0) is 10.0 Å². The van der Waals surface area contributed by atoms with Gasteiger partial charge in [-0.1, -0.05) is 20.8 Å². The molecule has 2 rings (SSSR count). The number of ether oxygens (including phenoxy) is 1. The van der Waals surface area contributed by atoms with Crippen molar-refractivity contribution in [2.75, 3.05) is 39.3 Å². The van der Waals surface area contributed by atoms with E-state index in [4.69, 9.17) is 4.74 Å². The number of piperazine rings is 1. The molecule has 5 nitrogen and oxygen atoms in total. The second-order valence-corrected chi connectivity index (χ2v) is 7.95. The van der Waals surface area contributed by atoms with Crippen LogP contribution in [0, 0.1) is 5.92 Å². The summed E-state index contributed by atoms with van der Waals surface area (Å²) in [5.74, 6) is 1.15. The first-order valence-electron chi connectivity index (χ1n) is 7.89. The van der Waals surface area contributed by atoms with Gasteiger partial charge in [-0.25, -0.2) is 8.42 Å². The standard InChI is InChI=1S/C16H26N2O3S/c1-4-17-9-11-18(12-10-17)22(19,20)16-7-5-15(6-8-16)21-13-14(2)3/h5-8,14H,4,9-13H2,1-3H3. The van der Waals surface area contributed by atoms with Gasteiger partial charge in [-0.3, -0.25) is 0 Å². The molecule has 0 radical (unpaired) electrons. The third kappa shape index (κ3) is 4.21. The van der Waals surface area contributed by atoms with Crippen LogP contribution in [0.1, 0.15) is 20.8 Å². The Morgan fingerprint density at radius 2 is 1.68 bits per heavy atom. The molecule has 0 N–H and O–H groups in total. The highest BCUT2D eigenvalue weighted by Crippen LogP contribution is 2.21. The predicted molar refractivity (Wildman–Crippen MR) is 87.6 cm³/mol. The van der Waals surface area contributed by atoms with Gasteiger partial charge in [0.25, 0.3) is 0 Å². The van der Waals surface area contributed by atoms with Gasteiger partial charge in [0.2, 0.25) is 10.0 Å². The molecule has 1 aromatic rings. The first-order valence-corrected chi connectivity index (χ1v) is 9.33. The van der Waals surface area contributed by atoms with Crippen molar-refractivity contribution in [2.24, 2.45) is 5.92 Å². The quantitative estimate of drug-likeness (QED) is 0.803. The van der Waals surface area contributed by atoms with Gasteiger partial charge >= 0.3 is 0 Å². The zero-order valence-electron chi connectivity index (χ0n) is 13.7. The molecule has 0 aromatic heterocycles. The van der Waals surface area contributed by atoms with Crippen LogP contribution < -0.4 is 4.74 Å². The second-order valence-electron chi connectivity index (χ2n) is 6.01. The average molecular weight is 326 g/mol. The van der Waals surface area contributed by atoms with Crippen LogP contribution in [0.5, 0.6) is 5.75 Å². The normalized spacial score (nSPS) is 17.8. The van der Waals surface area contributed by atoms with E-state index < -0.39 is 10.0 Å². The number of rotatable bonds is 6. The minimum absolute atomic E-state index is 0.342. The first-order chi connectivity index (χ1) is 10.4. The Hall–Kier alpha value is -1.11. The summed E-state index contributed by atoms with van der Waals surface area (Å²) >= 11 is 0. The molecular weight excluding hydrogens is 300 g/mol. The van der Waals surface area contributed by atoms with Crippen LogP contribution in [-0.4, -0.2) is 57.0 Å². The molecule has 1 aliphatic rings. The number of hydrogen-bond donors (Lipinski definition) is 0. The fourth-order valence-corrected chi connectivity index (χ4v) is 3.83. The van der Waals surface area contributed by atoms with Crippen molar-refractivity contribution >= 4 is 10.0 Å². The SMILES string of the molecule is CCN1CCN(S(=O)(=O)c2ccc(OCC(C)C)cc2)CC1. The molecule has 0 saturated carbocycles. The van der Waals surface area contributed by atoms with E-state index in [0.717, 1.165) is 19.6 Å². The zero-order chi connectivity index (χ0) is 16.2. The van der Waals surface area contributed by atoms with Gasteiger partial charge in [0.15, 0.2) is 0 Å². The third-order valence-corrected chi connectivity index (χ3v) is 5.74. The molecule has 1 saturated heterocycles. The Morgan fingerprint density at radius 1 is 1.09 bits per heavy atom. The molecule has 0 bridgehead atoms. The van der Waals surface area contributed by atoms with E-state index >= 15 is 0 Å². The highest BCUT2D eigenvalue weighted by Gasteiger charge is 2.27. The Bertz CT molecular complexity index is 562. The lowest BCUT2D eigenvalue weighted by Gasteiger charge is -2.33. The number of likely N-dealkylation sites (N-methyl/N-ethyl adjacent to an activating group) is 1. The summed E-state index contributed by atoms with van der Waals surface area (Å²) in [6.45, 7) is 10.6. The van der Waals surface area contributed by atoms with Crippen molar-refractivity contribution in [1.82, 2.24) is 9.21 Å². The smallest absolute Gasteiger partial charge is 0.243 e. The van der Waals surface area contributed by atoms with E-state index in [0.29, 0.717) is 36.3 Å². The summed E-state index contributed by atoms with van der Waals surface area (Å²) in [6, 6.07) is 6.74. The van der Waals surface area contributed by atoms with E-state index in [2.05, 4.69) is 25.7 Å². The molecule has 0 unspecified atom stereocenters. The van der Waals surface area contributed by atoms with Crippen LogP contribution >= 0.6 is 0 Å². The van der Waals surface area contributed by atoms with E-state index in [1.165, 1.54) is 0 Å². The molecule has 124 valence electrons. The summed E-state index contributed by atoms with van der Waals surface area (Å²) < 4.78 is 32.4. The summed E-state index contributed by atoms with van der Waals surface area (Å²) in [5.41, 5.74) is 0. The third-order valence-electron chi connectivity index (χ3n) is 3.82. The fraction of sp³-hybridized carbons (Fsp3) is 0.625. The molecule has 1 heterocycles. The zero-order valence-corrected chi connectivity index (χ0v) is 14.5. The van der Waals surface area contributed by atoms with Crippen LogP contribution in [0.2, 0.25) is 0 Å². The number of nitrogens with zero attached hydrogens (tertiary/aromatic N) is 2. The van der Waals surface area contributed by atoms with E-state index in [-0.39, 0.29) is 0 Å². The molecule has 0 atom stereocenters. The van der Waals surface area contributed by atoms with Crippen LogP contribution in [0.25, 0.3) is 0 Å². The van der Waals surface area contributed by atoms with Crippen molar-refractivity contribution < 1.29 is 13.2 Å². The Labute approximate surface area is 133 Å². The van der Waals surface area contributed by atoms with Gasteiger partial charge in [0.1, 0.15) is 5.75 Å². The minimum Gasteiger partial charge on any atom is -0.493 e. The van der Waals surface area contributed by atoms with E-state index in [9.17, 15) is 8.42 Å². The molecule has 6 heteroatoms. The van der Waals surface area contributed by atoms with Gasteiger partial charge in [0.05, 0.1) is 11.5 Å². The fourth-order valence-electron chi connectivity index (χ4n) is 2.41. The second kappa shape index (κ2) is 7.44.